The van der Waals surface area contributed by atoms with Gasteiger partial charge >= 0.3 is 5.97 Å². The van der Waals surface area contributed by atoms with Crippen molar-refractivity contribution in [2.45, 2.75) is 45.1 Å². The molecule has 0 atom stereocenters. The van der Waals surface area contributed by atoms with Gasteiger partial charge in [-0.05, 0) is 50.0 Å². The third-order valence-corrected chi connectivity index (χ3v) is 4.28. The zero-order valence-corrected chi connectivity index (χ0v) is 11.2. The third kappa shape index (κ3) is 5.21. The number of esters is 1. The Morgan fingerprint density at radius 2 is 2.12 bits per heavy atom. The van der Waals surface area contributed by atoms with Crippen molar-refractivity contribution < 1.29 is 14.6 Å². The summed E-state index contributed by atoms with van der Waals surface area (Å²) >= 11 is 1.83. The first-order chi connectivity index (χ1) is 7.37. The first kappa shape index (κ1) is 13.8. The fourth-order valence-corrected chi connectivity index (χ4v) is 3.15. The van der Waals surface area contributed by atoms with Gasteiger partial charge in [-0.1, -0.05) is 0 Å². The van der Waals surface area contributed by atoms with Crippen LogP contribution in [0.25, 0.3) is 0 Å². The second kappa shape index (κ2) is 5.41. The number of carbonyl (C=O) groups excluding carboxylic acids is 1. The van der Waals surface area contributed by atoms with Crippen molar-refractivity contribution in [3.63, 3.8) is 0 Å². The molecule has 0 bridgehead atoms. The average molecular weight is 246 g/mol. The van der Waals surface area contributed by atoms with E-state index in [9.17, 15) is 9.90 Å². The van der Waals surface area contributed by atoms with Gasteiger partial charge in [-0.3, -0.25) is 4.79 Å². The Hall–Kier alpha value is -0.220. The van der Waals surface area contributed by atoms with Gasteiger partial charge in [-0.15, -0.1) is 0 Å². The van der Waals surface area contributed by atoms with Crippen LogP contribution in [0.15, 0.2) is 0 Å². The number of thioether (sulfide) groups is 1. The molecular weight excluding hydrogens is 224 g/mol. The Labute approximate surface area is 102 Å². The number of ether oxygens (including phenoxy) is 1. The van der Waals surface area contributed by atoms with E-state index in [1.807, 2.05) is 25.6 Å². The summed E-state index contributed by atoms with van der Waals surface area (Å²) in [7, 11) is 1.44. The molecular formula is C12H22O3S. The molecule has 1 N–H and O–H groups in total. The maximum absolute atomic E-state index is 11.2. The largest absolute Gasteiger partial charge is 0.469 e. The van der Waals surface area contributed by atoms with Gasteiger partial charge in [0.1, 0.15) is 0 Å². The van der Waals surface area contributed by atoms with E-state index < -0.39 is 5.60 Å². The van der Waals surface area contributed by atoms with Crippen molar-refractivity contribution in [3.05, 3.63) is 0 Å². The normalized spacial score (nSPS) is 18.2. The second-order valence-electron chi connectivity index (χ2n) is 5.37. The van der Waals surface area contributed by atoms with Crippen molar-refractivity contribution in [1.82, 2.24) is 0 Å². The number of rotatable bonds is 7. The summed E-state index contributed by atoms with van der Waals surface area (Å²) in [5.74, 6) is 1.87. The first-order valence-electron chi connectivity index (χ1n) is 5.74. The summed E-state index contributed by atoms with van der Waals surface area (Å²) in [4.78, 5) is 11.2. The standard InChI is InChI=1S/C12H22O3S/c1-11(2,14)6-7-16-9-12(4-5-12)8-10(13)15-3/h14H,4-9H2,1-3H3. The zero-order valence-electron chi connectivity index (χ0n) is 10.4. The fraction of sp³-hybridized carbons (Fsp3) is 0.917. The molecule has 0 aromatic carbocycles. The molecule has 0 amide bonds. The Kier molecular flexibility index (Phi) is 4.68. The van der Waals surface area contributed by atoms with Crippen LogP contribution in [-0.4, -0.2) is 35.3 Å². The molecule has 0 aliphatic heterocycles. The van der Waals surface area contributed by atoms with E-state index in [1.165, 1.54) is 7.11 Å². The molecule has 0 radical (unpaired) electrons. The van der Waals surface area contributed by atoms with Crippen LogP contribution in [-0.2, 0) is 9.53 Å². The number of hydrogen-bond donors (Lipinski definition) is 1. The van der Waals surface area contributed by atoms with Crippen molar-refractivity contribution in [1.29, 1.82) is 0 Å². The van der Waals surface area contributed by atoms with Gasteiger partial charge in [-0.2, -0.15) is 11.8 Å². The summed E-state index contributed by atoms with van der Waals surface area (Å²) < 4.78 is 4.70. The van der Waals surface area contributed by atoms with Crippen LogP contribution in [0.1, 0.15) is 39.5 Å². The van der Waals surface area contributed by atoms with E-state index in [2.05, 4.69) is 0 Å². The molecule has 0 heterocycles. The van der Waals surface area contributed by atoms with Crippen molar-refractivity contribution in [2.24, 2.45) is 5.41 Å². The van der Waals surface area contributed by atoms with Gasteiger partial charge in [0.05, 0.1) is 19.1 Å². The fourth-order valence-electron chi connectivity index (χ4n) is 1.54. The molecule has 1 aliphatic carbocycles. The average Bonchev–Trinajstić information content (AvgIpc) is 2.92. The van der Waals surface area contributed by atoms with E-state index in [-0.39, 0.29) is 11.4 Å². The molecule has 0 unspecified atom stereocenters. The minimum absolute atomic E-state index is 0.0967. The van der Waals surface area contributed by atoms with Crippen LogP contribution in [0.4, 0.5) is 0 Å². The zero-order chi connectivity index (χ0) is 12.2. The highest BCUT2D eigenvalue weighted by atomic mass is 32.2. The highest BCUT2D eigenvalue weighted by molar-refractivity contribution is 7.99. The lowest BCUT2D eigenvalue weighted by Gasteiger charge is -2.18. The topological polar surface area (TPSA) is 46.5 Å². The quantitative estimate of drug-likeness (QED) is 0.553. The van der Waals surface area contributed by atoms with Crippen molar-refractivity contribution in [3.8, 4) is 0 Å². The highest BCUT2D eigenvalue weighted by Crippen LogP contribution is 2.51. The van der Waals surface area contributed by atoms with E-state index >= 15 is 0 Å². The lowest BCUT2D eigenvalue weighted by Crippen LogP contribution is -2.20. The number of carbonyl (C=O) groups is 1. The number of hydrogen-bond acceptors (Lipinski definition) is 4. The minimum atomic E-state index is -0.577. The van der Waals surface area contributed by atoms with Crippen LogP contribution < -0.4 is 0 Å². The molecule has 16 heavy (non-hydrogen) atoms. The Bertz CT molecular complexity index is 241. The number of methoxy groups -OCH3 is 1. The molecule has 94 valence electrons. The Morgan fingerprint density at radius 3 is 2.56 bits per heavy atom. The lowest BCUT2D eigenvalue weighted by molar-refractivity contribution is -0.141. The summed E-state index contributed by atoms with van der Waals surface area (Å²) in [6.07, 6.45) is 3.63. The number of aliphatic hydroxyl groups is 1. The summed E-state index contributed by atoms with van der Waals surface area (Å²) in [5, 5.41) is 9.56. The molecule has 4 heteroatoms. The van der Waals surface area contributed by atoms with Gasteiger partial charge in [0.2, 0.25) is 0 Å². The van der Waals surface area contributed by atoms with Gasteiger partial charge in [-0.25, -0.2) is 0 Å². The van der Waals surface area contributed by atoms with Crippen LogP contribution in [0, 0.1) is 5.41 Å². The molecule has 1 aliphatic rings. The maximum Gasteiger partial charge on any atom is 0.306 e. The van der Waals surface area contributed by atoms with Crippen LogP contribution in [0.3, 0.4) is 0 Å². The van der Waals surface area contributed by atoms with E-state index in [1.54, 1.807) is 0 Å². The van der Waals surface area contributed by atoms with E-state index in [4.69, 9.17) is 4.74 Å². The first-order valence-corrected chi connectivity index (χ1v) is 6.89. The summed E-state index contributed by atoms with van der Waals surface area (Å²) in [6.45, 7) is 3.66. The van der Waals surface area contributed by atoms with Crippen LogP contribution >= 0.6 is 11.8 Å². The van der Waals surface area contributed by atoms with Crippen molar-refractivity contribution in [2.75, 3.05) is 18.6 Å². The molecule has 0 aromatic rings. The van der Waals surface area contributed by atoms with Crippen LogP contribution in [0.2, 0.25) is 0 Å². The molecule has 0 spiro atoms. The third-order valence-electron chi connectivity index (χ3n) is 2.97. The van der Waals surface area contributed by atoms with Gasteiger partial charge in [0.25, 0.3) is 0 Å². The molecule has 1 saturated carbocycles. The van der Waals surface area contributed by atoms with Gasteiger partial charge in [0.15, 0.2) is 0 Å². The Balaban J connectivity index is 2.15. The molecule has 1 fully saturated rings. The summed E-state index contributed by atoms with van der Waals surface area (Å²) in [6, 6.07) is 0. The predicted molar refractivity (Wildman–Crippen MR) is 66.5 cm³/mol. The van der Waals surface area contributed by atoms with E-state index in [0.29, 0.717) is 6.42 Å². The van der Waals surface area contributed by atoms with Crippen LogP contribution in [0.5, 0.6) is 0 Å². The molecule has 1 rings (SSSR count). The second-order valence-corrected chi connectivity index (χ2v) is 6.47. The van der Waals surface area contributed by atoms with Gasteiger partial charge in [0, 0.05) is 0 Å². The monoisotopic (exact) mass is 246 g/mol. The highest BCUT2D eigenvalue weighted by Gasteiger charge is 2.44. The van der Waals surface area contributed by atoms with Gasteiger partial charge < -0.3 is 9.84 Å². The summed E-state index contributed by atoms with van der Waals surface area (Å²) in [5.41, 5.74) is -0.372. The molecule has 0 aromatic heterocycles. The molecule has 0 saturated heterocycles. The smallest absolute Gasteiger partial charge is 0.306 e. The van der Waals surface area contributed by atoms with Crippen molar-refractivity contribution >= 4 is 17.7 Å². The van der Waals surface area contributed by atoms with E-state index in [0.717, 1.165) is 30.8 Å². The predicted octanol–water partition coefficient (Wildman–Crippen LogP) is 2.22. The molecule has 3 nitrogen and oxygen atoms in total. The maximum atomic E-state index is 11.2. The Morgan fingerprint density at radius 1 is 1.50 bits per heavy atom. The lowest BCUT2D eigenvalue weighted by atomic mass is 10.1. The SMILES string of the molecule is COC(=O)CC1(CSCCC(C)(C)O)CC1. The minimum Gasteiger partial charge on any atom is -0.469 e.